The number of nitrogens with zero attached hydrogens (tertiary/aromatic N) is 4. The van der Waals surface area contributed by atoms with Crippen LogP contribution in [0.2, 0.25) is 0 Å². The molecule has 0 amide bonds. The van der Waals surface area contributed by atoms with Crippen molar-refractivity contribution < 1.29 is 9.50 Å². The number of hydrogen-bond acceptors (Lipinski definition) is 8. The molecular formula is C24H22FN7O. The molecule has 0 bridgehead atoms. The Morgan fingerprint density at radius 2 is 1.88 bits per heavy atom. The van der Waals surface area contributed by atoms with Gasteiger partial charge in [-0.05, 0) is 23.8 Å². The number of fused-ring (bicyclic) bond motifs is 1. The topological polar surface area (TPSA) is 133 Å². The van der Waals surface area contributed by atoms with Gasteiger partial charge in [0.05, 0.1) is 23.5 Å². The Kier molecular flexibility index (Phi) is 6.57. The van der Waals surface area contributed by atoms with Crippen LogP contribution in [-0.4, -0.2) is 39.8 Å². The van der Waals surface area contributed by atoms with Crippen molar-refractivity contribution in [1.29, 1.82) is 5.26 Å². The normalized spacial score (nSPS) is 10.7. The molecule has 8 nitrogen and oxygen atoms in total. The van der Waals surface area contributed by atoms with Crippen molar-refractivity contribution in [3.63, 3.8) is 0 Å². The minimum atomic E-state index is -0.366. The Hall–Kier alpha value is -4.29. The van der Waals surface area contributed by atoms with E-state index >= 15 is 0 Å². The van der Waals surface area contributed by atoms with E-state index in [1.807, 2.05) is 36.4 Å². The summed E-state index contributed by atoms with van der Waals surface area (Å²) in [4.78, 5) is 12.8. The fraction of sp³-hybridized carbons (Fsp3) is 0.167. The summed E-state index contributed by atoms with van der Waals surface area (Å²) in [5.74, 6) is 0.101. The largest absolute Gasteiger partial charge is 0.395 e. The minimum Gasteiger partial charge on any atom is -0.395 e. The summed E-state index contributed by atoms with van der Waals surface area (Å²) in [5.41, 5.74) is 9.81. The standard InChI is InChI=1S/C24H22FN7O/c25-16-6-7-19-17(12-16)22(28-10-11-33)21(15-4-2-1-3-5-15)20(32-19)8-9-29-24-18(13-26)23(27)30-14-31-24/h1-7,12,14,33H,8-11H2,(H,28,32)(H3,27,29,30,31). The van der Waals surface area contributed by atoms with Crippen LogP contribution in [0, 0.1) is 17.1 Å². The van der Waals surface area contributed by atoms with Crippen LogP contribution in [0.4, 0.5) is 21.7 Å². The number of pyridine rings is 1. The van der Waals surface area contributed by atoms with Crippen LogP contribution in [0.5, 0.6) is 0 Å². The van der Waals surface area contributed by atoms with E-state index in [-0.39, 0.29) is 23.8 Å². The molecule has 4 aromatic rings. The number of rotatable bonds is 8. The Balaban J connectivity index is 1.78. The fourth-order valence-corrected chi connectivity index (χ4v) is 3.69. The van der Waals surface area contributed by atoms with E-state index < -0.39 is 0 Å². The highest BCUT2D eigenvalue weighted by Gasteiger charge is 2.18. The van der Waals surface area contributed by atoms with Gasteiger partial charge < -0.3 is 21.5 Å². The third-order valence-corrected chi connectivity index (χ3v) is 5.14. The molecule has 2 heterocycles. The number of nitrogens with two attached hydrogens (primary N) is 1. The maximum Gasteiger partial charge on any atom is 0.149 e. The second kappa shape index (κ2) is 9.89. The van der Waals surface area contributed by atoms with Crippen molar-refractivity contribution in [2.75, 3.05) is 36.1 Å². The molecule has 0 aliphatic heterocycles. The van der Waals surface area contributed by atoms with E-state index in [9.17, 15) is 14.8 Å². The van der Waals surface area contributed by atoms with E-state index in [1.54, 1.807) is 6.07 Å². The molecule has 0 spiro atoms. The molecule has 0 saturated carbocycles. The average Bonchev–Trinajstić information content (AvgIpc) is 2.83. The van der Waals surface area contributed by atoms with Gasteiger partial charge in [-0.15, -0.1) is 0 Å². The number of benzene rings is 2. The van der Waals surface area contributed by atoms with Gasteiger partial charge >= 0.3 is 0 Å². The van der Waals surface area contributed by atoms with Crippen molar-refractivity contribution >= 4 is 28.2 Å². The second-order valence-corrected chi connectivity index (χ2v) is 7.26. The molecule has 0 radical (unpaired) electrons. The Labute approximate surface area is 190 Å². The van der Waals surface area contributed by atoms with Crippen molar-refractivity contribution in [3.05, 3.63) is 71.9 Å². The van der Waals surface area contributed by atoms with E-state index in [2.05, 4.69) is 20.6 Å². The molecule has 5 N–H and O–H groups in total. The van der Waals surface area contributed by atoms with Gasteiger partial charge in [-0.3, -0.25) is 4.98 Å². The maximum absolute atomic E-state index is 14.1. The summed E-state index contributed by atoms with van der Waals surface area (Å²) in [6.07, 6.45) is 1.79. The fourth-order valence-electron chi connectivity index (χ4n) is 3.69. The first-order valence-electron chi connectivity index (χ1n) is 10.4. The molecular weight excluding hydrogens is 421 g/mol. The predicted octanol–water partition coefficient (Wildman–Crippen LogP) is 3.34. The summed E-state index contributed by atoms with van der Waals surface area (Å²) >= 11 is 0. The SMILES string of the molecule is N#Cc1c(N)ncnc1NCCc1nc2ccc(F)cc2c(NCCO)c1-c1ccccc1. The van der Waals surface area contributed by atoms with Crippen molar-refractivity contribution in [3.8, 4) is 17.2 Å². The molecule has 0 aliphatic rings. The van der Waals surface area contributed by atoms with Crippen molar-refractivity contribution in [2.45, 2.75) is 6.42 Å². The predicted molar refractivity (Wildman–Crippen MR) is 126 cm³/mol. The smallest absolute Gasteiger partial charge is 0.149 e. The number of aliphatic hydroxyl groups excluding tert-OH is 1. The number of nitriles is 1. The zero-order valence-electron chi connectivity index (χ0n) is 17.7. The van der Waals surface area contributed by atoms with Gasteiger partial charge in [-0.25, -0.2) is 14.4 Å². The van der Waals surface area contributed by atoms with Gasteiger partial charge in [0.2, 0.25) is 0 Å². The van der Waals surface area contributed by atoms with Gasteiger partial charge in [0, 0.05) is 30.5 Å². The van der Waals surface area contributed by atoms with Crippen LogP contribution in [0.15, 0.2) is 54.9 Å². The quantitative estimate of drug-likeness (QED) is 0.326. The lowest BCUT2D eigenvalue weighted by Gasteiger charge is -2.19. The highest BCUT2D eigenvalue weighted by Crippen LogP contribution is 2.37. The molecule has 0 saturated heterocycles. The van der Waals surface area contributed by atoms with E-state index in [0.717, 1.165) is 16.8 Å². The van der Waals surface area contributed by atoms with Gasteiger partial charge in [-0.1, -0.05) is 30.3 Å². The lowest BCUT2D eigenvalue weighted by molar-refractivity contribution is 0.311. The maximum atomic E-state index is 14.1. The molecule has 33 heavy (non-hydrogen) atoms. The summed E-state index contributed by atoms with van der Waals surface area (Å²) in [5, 5.41) is 25.8. The number of nitrogens with one attached hydrogen (secondary N) is 2. The average molecular weight is 443 g/mol. The highest BCUT2D eigenvalue weighted by atomic mass is 19.1. The van der Waals surface area contributed by atoms with Crippen molar-refractivity contribution in [2.24, 2.45) is 0 Å². The van der Waals surface area contributed by atoms with Crippen LogP contribution in [0.1, 0.15) is 11.3 Å². The van der Waals surface area contributed by atoms with Crippen LogP contribution in [-0.2, 0) is 6.42 Å². The Bertz CT molecular complexity index is 1320. The monoisotopic (exact) mass is 443 g/mol. The van der Waals surface area contributed by atoms with Gasteiger partial charge in [0.1, 0.15) is 35.4 Å². The zero-order chi connectivity index (χ0) is 23.2. The molecule has 0 atom stereocenters. The number of halogens is 1. The van der Waals surface area contributed by atoms with Crippen LogP contribution in [0.3, 0.4) is 0 Å². The molecule has 166 valence electrons. The summed E-state index contributed by atoms with van der Waals surface area (Å²) in [6, 6.07) is 16.2. The Morgan fingerprint density at radius 1 is 1.06 bits per heavy atom. The van der Waals surface area contributed by atoms with Gasteiger partial charge in [-0.2, -0.15) is 5.26 Å². The third-order valence-electron chi connectivity index (χ3n) is 5.14. The lowest BCUT2D eigenvalue weighted by Crippen LogP contribution is -2.13. The van der Waals surface area contributed by atoms with Gasteiger partial charge in [0.15, 0.2) is 0 Å². The number of anilines is 3. The lowest BCUT2D eigenvalue weighted by atomic mass is 9.97. The van der Waals surface area contributed by atoms with Crippen LogP contribution >= 0.6 is 0 Å². The number of aliphatic hydroxyl groups is 1. The van der Waals surface area contributed by atoms with Crippen LogP contribution < -0.4 is 16.4 Å². The molecule has 9 heteroatoms. The van der Waals surface area contributed by atoms with Gasteiger partial charge in [0.25, 0.3) is 0 Å². The summed E-state index contributed by atoms with van der Waals surface area (Å²) in [7, 11) is 0. The number of hydrogen-bond donors (Lipinski definition) is 4. The summed E-state index contributed by atoms with van der Waals surface area (Å²) < 4.78 is 14.1. The molecule has 4 rings (SSSR count). The molecule has 0 fully saturated rings. The first-order chi connectivity index (χ1) is 16.1. The first-order valence-corrected chi connectivity index (χ1v) is 10.4. The summed E-state index contributed by atoms with van der Waals surface area (Å²) in [6.45, 7) is 0.652. The minimum absolute atomic E-state index is 0.0731. The van der Waals surface area contributed by atoms with E-state index in [0.29, 0.717) is 41.9 Å². The molecule has 2 aromatic heterocycles. The number of nitrogen functional groups attached to an aromatic ring is 1. The highest BCUT2D eigenvalue weighted by molar-refractivity contribution is 6.00. The molecule has 0 unspecified atom stereocenters. The van der Waals surface area contributed by atoms with Crippen molar-refractivity contribution in [1.82, 2.24) is 15.0 Å². The van der Waals surface area contributed by atoms with Crippen LogP contribution in [0.25, 0.3) is 22.0 Å². The zero-order valence-corrected chi connectivity index (χ0v) is 17.7. The van der Waals surface area contributed by atoms with E-state index in [1.165, 1.54) is 18.5 Å². The first kappa shape index (κ1) is 21.9. The molecule has 2 aromatic carbocycles. The van der Waals surface area contributed by atoms with E-state index in [4.69, 9.17) is 10.7 Å². The third kappa shape index (κ3) is 4.66. The molecule has 0 aliphatic carbocycles. The second-order valence-electron chi connectivity index (χ2n) is 7.26. The number of aromatic nitrogens is 3. The Morgan fingerprint density at radius 3 is 2.64 bits per heavy atom.